The van der Waals surface area contributed by atoms with Crippen molar-refractivity contribution in [3.05, 3.63) is 39.2 Å². The summed E-state index contributed by atoms with van der Waals surface area (Å²) >= 11 is 15.9. The van der Waals surface area contributed by atoms with Gasteiger partial charge in [-0.3, -0.25) is 5.10 Å². The van der Waals surface area contributed by atoms with Crippen molar-refractivity contribution in [2.75, 3.05) is 36.0 Å². The number of aromatic nitrogens is 4. The Hall–Kier alpha value is -1.57. The third-order valence-electron chi connectivity index (χ3n) is 4.14. The van der Waals surface area contributed by atoms with Crippen LogP contribution in [0.15, 0.2) is 29.1 Å². The molecular formula is C15H13BrCl2N6. The predicted molar refractivity (Wildman–Crippen MR) is 100 cm³/mol. The lowest BCUT2D eigenvalue weighted by Gasteiger charge is -2.37. The molecule has 0 bridgehead atoms. The number of aromatic amines is 1. The number of anilines is 2. The molecule has 0 amide bonds. The summed E-state index contributed by atoms with van der Waals surface area (Å²) in [5, 5.41) is 9.15. The molecule has 1 fully saturated rings. The summed E-state index contributed by atoms with van der Waals surface area (Å²) in [6.07, 6.45) is 1.56. The first-order valence-electron chi connectivity index (χ1n) is 7.43. The van der Waals surface area contributed by atoms with Gasteiger partial charge in [-0.1, -0.05) is 29.3 Å². The molecule has 2 aromatic heterocycles. The van der Waals surface area contributed by atoms with E-state index in [1.165, 1.54) is 0 Å². The molecule has 3 aromatic rings. The van der Waals surface area contributed by atoms with E-state index in [2.05, 4.69) is 45.9 Å². The summed E-state index contributed by atoms with van der Waals surface area (Å²) in [6.45, 7) is 3.32. The molecule has 0 radical (unpaired) electrons. The van der Waals surface area contributed by atoms with Crippen LogP contribution in [-0.4, -0.2) is 46.3 Å². The van der Waals surface area contributed by atoms with Crippen molar-refractivity contribution in [3.63, 3.8) is 0 Å². The minimum atomic E-state index is 0.580. The van der Waals surface area contributed by atoms with Crippen molar-refractivity contribution in [3.8, 4) is 0 Å². The van der Waals surface area contributed by atoms with Crippen LogP contribution in [0.5, 0.6) is 0 Å². The number of piperazine rings is 1. The highest BCUT2D eigenvalue weighted by Crippen LogP contribution is 2.34. The Morgan fingerprint density at radius 2 is 1.79 bits per heavy atom. The van der Waals surface area contributed by atoms with E-state index in [0.29, 0.717) is 10.0 Å². The lowest BCUT2D eigenvalue weighted by atomic mass is 10.2. The molecule has 0 atom stereocenters. The van der Waals surface area contributed by atoms with Crippen molar-refractivity contribution >= 4 is 61.7 Å². The second-order valence-electron chi connectivity index (χ2n) is 5.48. The van der Waals surface area contributed by atoms with E-state index in [9.17, 15) is 0 Å². The topological polar surface area (TPSA) is 60.9 Å². The molecule has 0 saturated carbocycles. The first-order valence-corrected chi connectivity index (χ1v) is 8.98. The molecule has 0 aliphatic carbocycles. The van der Waals surface area contributed by atoms with E-state index >= 15 is 0 Å². The minimum Gasteiger partial charge on any atom is -0.367 e. The van der Waals surface area contributed by atoms with Gasteiger partial charge >= 0.3 is 0 Å². The van der Waals surface area contributed by atoms with Gasteiger partial charge in [-0.15, -0.1) is 0 Å². The largest absolute Gasteiger partial charge is 0.367 e. The van der Waals surface area contributed by atoms with Crippen molar-refractivity contribution in [1.82, 2.24) is 20.2 Å². The SMILES string of the molecule is Clc1cccc(N2CCN(c3ncnc4[nH]nc(Br)c34)CC2)c1Cl. The van der Waals surface area contributed by atoms with E-state index in [4.69, 9.17) is 23.2 Å². The quantitative estimate of drug-likeness (QED) is 0.674. The maximum atomic E-state index is 6.34. The van der Waals surface area contributed by atoms with Gasteiger partial charge in [-0.2, -0.15) is 5.10 Å². The average Bonchev–Trinajstić information content (AvgIpc) is 2.99. The van der Waals surface area contributed by atoms with E-state index in [1.807, 2.05) is 12.1 Å². The molecule has 6 nitrogen and oxygen atoms in total. The van der Waals surface area contributed by atoms with Crippen molar-refractivity contribution in [1.29, 1.82) is 0 Å². The smallest absolute Gasteiger partial charge is 0.161 e. The molecule has 0 spiro atoms. The Kier molecular flexibility index (Phi) is 4.24. The third-order valence-corrected chi connectivity index (χ3v) is 5.53. The maximum absolute atomic E-state index is 6.34. The summed E-state index contributed by atoms with van der Waals surface area (Å²) in [4.78, 5) is 13.1. The first kappa shape index (κ1) is 15.9. The van der Waals surface area contributed by atoms with E-state index in [1.54, 1.807) is 12.4 Å². The number of benzene rings is 1. The van der Waals surface area contributed by atoms with Crippen LogP contribution >= 0.6 is 39.1 Å². The highest BCUT2D eigenvalue weighted by molar-refractivity contribution is 9.10. The van der Waals surface area contributed by atoms with E-state index in [-0.39, 0.29) is 0 Å². The summed E-state index contributed by atoms with van der Waals surface area (Å²) in [6, 6.07) is 5.73. The van der Waals surface area contributed by atoms with Gasteiger partial charge in [0.05, 0.1) is 21.1 Å². The fourth-order valence-electron chi connectivity index (χ4n) is 2.94. The van der Waals surface area contributed by atoms with Gasteiger partial charge in [0.25, 0.3) is 0 Å². The van der Waals surface area contributed by atoms with Crippen LogP contribution in [0.1, 0.15) is 0 Å². The van der Waals surface area contributed by atoms with Gasteiger partial charge in [0.2, 0.25) is 0 Å². The van der Waals surface area contributed by atoms with Crippen LogP contribution in [0.2, 0.25) is 10.0 Å². The third kappa shape index (κ3) is 2.70. The minimum absolute atomic E-state index is 0.580. The van der Waals surface area contributed by atoms with Crippen LogP contribution < -0.4 is 9.80 Å². The number of halogens is 3. The summed E-state index contributed by atoms with van der Waals surface area (Å²) < 4.78 is 0.730. The number of hydrogen-bond donors (Lipinski definition) is 1. The average molecular weight is 428 g/mol. The van der Waals surface area contributed by atoms with Crippen molar-refractivity contribution in [2.45, 2.75) is 0 Å². The Morgan fingerprint density at radius 1 is 1.04 bits per heavy atom. The van der Waals surface area contributed by atoms with Crippen LogP contribution in [-0.2, 0) is 0 Å². The lowest BCUT2D eigenvalue weighted by molar-refractivity contribution is 0.649. The van der Waals surface area contributed by atoms with Crippen LogP contribution in [0.4, 0.5) is 11.5 Å². The zero-order valence-corrected chi connectivity index (χ0v) is 15.6. The molecule has 1 aliphatic heterocycles. The highest BCUT2D eigenvalue weighted by atomic mass is 79.9. The standard InChI is InChI=1S/C15H13BrCl2N6/c16-13-11-14(22-21-13)19-8-20-15(11)24-6-4-23(5-7-24)10-3-1-2-9(17)12(10)18/h1-3,8H,4-7H2,(H,19,20,21,22). The zero-order chi connectivity index (χ0) is 16.7. The fraction of sp³-hybridized carbons (Fsp3) is 0.267. The molecule has 124 valence electrons. The Bertz CT molecular complexity index is 891. The van der Waals surface area contributed by atoms with Gasteiger partial charge in [0.15, 0.2) is 5.65 Å². The van der Waals surface area contributed by atoms with Gasteiger partial charge in [0, 0.05) is 26.2 Å². The normalized spacial score (nSPS) is 15.3. The molecule has 24 heavy (non-hydrogen) atoms. The molecule has 4 rings (SSSR count). The number of rotatable bonds is 2. The molecule has 9 heteroatoms. The highest BCUT2D eigenvalue weighted by Gasteiger charge is 2.23. The summed E-state index contributed by atoms with van der Waals surface area (Å²) in [5.74, 6) is 0.887. The van der Waals surface area contributed by atoms with Gasteiger partial charge in [0.1, 0.15) is 16.7 Å². The molecule has 1 saturated heterocycles. The predicted octanol–water partition coefficient (Wildman–Crippen LogP) is 3.75. The first-order chi connectivity index (χ1) is 11.6. The van der Waals surface area contributed by atoms with Crippen molar-refractivity contribution in [2.24, 2.45) is 0 Å². The second kappa shape index (κ2) is 6.38. The molecular weight excluding hydrogens is 415 g/mol. The Labute approximate surface area is 156 Å². The summed E-state index contributed by atoms with van der Waals surface area (Å²) in [7, 11) is 0. The molecule has 3 heterocycles. The van der Waals surface area contributed by atoms with Gasteiger partial charge in [-0.25, -0.2) is 9.97 Å². The van der Waals surface area contributed by atoms with Crippen molar-refractivity contribution < 1.29 is 0 Å². The number of H-pyrrole nitrogens is 1. The molecule has 1 aromatic carbocycles. The molecule has 1 N–H and O–H groups in total. The molecule has 1 aliphatic rings. The number of hydrogen-bond acceptors (Lipinski definition) is 5. The Morgan fingerprint density at radius 3 is 2.58 bits per heavy atom. The Balaban J connectivity index is 1.58. The summed E-state index contributed by atoms with van der Waals surface area (Å²) in [5.41, 5.74) is 1.70. The number of fused-ring (bicyclic) bond motifs is 1. The van der Waals surface area contributed by atoms with Gasteiger partial charge < -0.3 is 9.80 Å². The lowest BCUT2D eigenvalue weighted by Crippen LogP contribution is -2.47. The molecule has 0 unspecified atom stereocenters. The van der Waals surface area contributed by atoms with Crippen LogP contribution in [0, 0.1) is 0 Å². The van der Waals surface area contributed by atoms with Crippen LogP contribution in [0.25, 0.3) is 11.0 Å². The number of nitrogens with zero attached hydrogens (tertiary/aromatic N) is 5. The maximum Gasteiger partial charge on any atom is 0.161 e. The number of nitrogens with one attached hydrogen (secondary N) is 1. The van der Waals surface area contributed by atoms with E-state index in [0.717, 1.165) is 53.3 Å². The van der Waals surface area contributed by atoms with Gasteiger partial charge in [-0.05, 0) is 28.1 Å². The van der Waals surface area contributed by atoms with Crippen LogP contribution in [0.3, 0.4) is 0 Å². The van der Waals surface area contributed by atoms with E-state index < -0.39 is 0 Å². The second-order valence-corrected chi connectivity index (χ2v) is 7.02. The monoisotopic (exact) mass is 426 g/mol. The zero-order valence-electron chi connectivity index (χ0n) is 12.5. The fourth-order valence-corrected chi connectivity index (χ4v) is 3.81.